The third kappa shape index (κ3) is 4.87. The number of nitrogens with one attached hydrogen (secondary N) is 1. The maximum atomic E-state index is 13.7. The number of amides is 3. The highest BCUT2D eigenvalue weighted by atomic mass is 32.1. The lowest BCUT2D eigenvalue weighted by Crippen LogP contribution is -2.43. The number of nitrogens with zero attached hydrogens (tertiary/aromatic N) is 3. The van der Waals surface area contributed by atoms with Crippen molar-refractivity contribution in [2.45, 2.75) is 25.9 Å². The molecule has 10 heteroatoms. The molecule has 1 fully saturated rings. The van der Waals surface area contributed by atoms with Crippen LogP contribution in [0.15, 0.2) is 72.1 Å². The zero-order valence-corrected chi connectivity index (χ0v) is 23.6. The van der Waals surface area contributed by atoms with Crippen LogP contribution in [-0.2, 0) is 17.9 Å². The molecule has 9 nitrogen and oxygen atoms in total. The van der Waals surface area contributed by atoms with Crippen LogP contribution in [0, 0.1) is 5.92 Å². The van der Waals surface area contributed by atoms with E-state index in [4.69, 9.17) is 9.47 Å². The van der Waals surface area contributed by atoms with Crippen molar-refractivity contribution in [3.8, 4) is 22.8 Å². The molecule has 3 aliphatic heterocycles. The fraction of sp³-hybridized carbons (Fsp3) is 0.250. The van der Waals surface area contributed by atoms with Crippen LogP contribution in [0.25, 0.3) is 11.3 Å². The highest BCUT2D eigenvalue weighted by Gasteiger charge is 2.40. The lowest BCUT2D eigenvalue weighted by Gasteiger charge is -2.34. The van der Waals surface area contributed by atoms with E-state index in [9.17, 15) is 14.4 Å². The van der Waals surface area contributed by atoms with Crippen molar-refractivity contribution in [3.63, 3.8) is 0 Å². The van der Waals surface area contributed by atoms with Crippen LogP contribution in [0.2, 0.25) is 0 Å². The van der Waals surface area contributed by atoms with Crippen molar-refractivity contribution in [1.29, 1.82) is 0 Å². The van der Waals surface area contributed by atoms with Gasteiger partial charge in [0.15, 0.2) is 11.5 Å². The van der Waals surface area contributed by atoms with E-state index in [-0.39, 0.29) is 37.0 Å². The first kappa shape index (κ1) is 26.2. The smallest absolute Gasteiger partial charge is 0.264 e. The number of benzene rings is 3. The summed E-state index contributed by atoms with van der Waals surface area (Å²) in [5, 5.41) is 5.69. The van der Waals surface area contributed by atoms with Gasteiger partial charge in [-0.05, 0) is 42.7 Å². The molecule has 3 aromatic carbocycles. The topological polar surface area (TPSA) is 101 Å². The second-order valence-corrected chi connectivity index (χ2v) is 11.5. The van der Waals surface area contributed by atoms with Gasteiger partial charge >= 0.3 is 0 Å². The number of rotatable bonds is 7. The van der Waals surface area contributed by atoms with Gasteiger partial charge in [0, 0.05) is 30.6 Å². The van der Waals surface area contributed by atoms with Crippen LogP contribution in [-0.4, -0.2) is 47.5 Å². The second-order valence-electron chi connectivity index (χ2n) is 10.6. The Labute approximate surface area is 246 Å². The molecule has 1 aromatic heterocycles. The van der Waals surface area contributed by atoms with Crippen LogP contribution >= 0.6 is 11.3 Å². The summed E-state index contributed by atoms with van der Waals surface area (Å²) in [4.78, 5) is 48.2. The Morgan fingerprint density at radius 1 is 1.00 bits per heavy atom. The summed E-state index contributed by atoms with van der Waals surface area (Å²) in [6.45, 7) is 1.89. The van der Waals surface area contributed by atoms with E-state index >= 15 is 0 Å². The number of aromatic nitrogens is 1. The number of ether oxygens (including phenoxy) is 2. The number of imide groups is 1. The number of hydrogen-bond donors (Lipinski definition) is 1. The normalized spacial score (nSPS) is 17.5. The second kappa shape index (κ2) is 10.9. The van der Waals surface area contributed by atoms with Gasteiger partial charge in [0.25, 0.3) is 11.8 Å². The minimum atomic E-state index is -0.323. The molecule has 3 amide bonds. The van der Waals surface area contributed by atoms with Gasteiger partial charge in [0.2, 0.25) is 12.7 Å². The van der Waals surface area contributed by atoms with E-state index in [1.165, 1.54) is 16.2 Å². The van der Waals surface area contributed by atoms with Crippen molar-refractivity contribution in [3.05, 3.63) is 93.8 Å². The van der Waals surface area contributed by atoms with E-state index in [2.05, 4.69) is 15.2 Å². The van der Waals surface area contributed by atoms with E-state index in [1.807, 2.05) is 66.0 Å². The van der Waals surface area contributed by atoms with Crippen molar-refractivity contribution in [2.75, 3.05) is 24.8 Å². The van der Waals surface area contributed by atoms with Crippen molar-refractivity contribution in [2.24, 2.45) is 5.92 Å². The Morgan fingerprint density at radius 2 is 1.86 bits per heavy atom. The van der Waals surface area contributed by atoms with Crippen molar-refractivity contribution >= 4 is 34.7 Å². The minimum Gasteiger partial charge on any atom is -0.454 e. The van der Waals surface area contributed by atoms with Gasteiger partial charge in [-0.15, -0.1) is 11.3 Å². The Kier molecular flexibility index (Phi) is 6.83. The van der Waals surface area contributed by atoms with Gasteiger partial charge in [-0.3, -0.25) is 19.3 Å². The predicted octanol–water partition coefficient (Wildman–Crippen LogP) is 4.87. The summed E-state index contributed by atoms with van der Waals surface area (Å²) in [7, 11) is 0. The number of piperidine rings is 1. The van der Waals surface area contributed by atoms with E-state index in [0.29, 0.717) is 53.0 Å². The molecule has 0 spiro atoms. The van der Waals surface area contributed by atoms with Crippen LogP contribution in [0.5, 0.6) is 11.5 Å². The van der Waals surface area contributed by atoms with Gasteiger partial charge in [0.05, 0.1) is 35.0 Å². The van der Waals surface area contributed by atoms with Gasteiger partial charge in [-0.25, -0.2) is 4.98 Å². The van der Waals surface area contributed by atoms with Gasteiger partial charge in [-0.1, -0.05) is 42.5 Å². The molecule has 42 heavy (non-hydrogen) atoms. The first-order valence-electron chi connectivity index (χ1n) is 14.0. The first-order valence-corrected chi connectivity index (χ1v) is 14.8. The largest absolute Gasteiger partial charge is 0.454 e. The fourth-order valence-electron chi connectivity index (χ4n) is 5.78. The third-order valence-corrected chi connectivity index (χ3v) is 8.76. The quantitative estimate of drug-likeness (QED) is 0.312. The summed E-state index contributed by atoms with van der Waals surface area (Å²) in [6, 6.07) is 20.8. The summed E-state index contributed by atoms with van der Waals surface area (Å²) in [5.41, 5.74) is 4.25. The average molecular weight is 581 g/mol. The Balaban J connectivity index is 1.04. The molecule has 4 heterocycles. The van der Waals surface area contributed by atoms with E-state index < -0.39 is 0 Å². The molecule has 0 aliphatic carbocycles. The lowest BCUT2D eigenvalue weighted by molar-refractivity contribution is -0.125. The minimum absolute atomic E-state index is 0.0352. The van der Waals surface area contributed by atoms with Gasteiger partial charge in [0.1, 0.15) is 5.01 Å². The Morgan fingerprint density at radius 3 is 2.74 bits per heavy atom. The molecule has 1 saturated heterocycles. The number of hydrogen-bond acceptors (Lipinski definition) is 8. The predicted molar refractivity (Wildman–Crippen MR) is 158 cm³/mol. The lowest BCUT2D eigenvalue weighted by atomic mass is 9.95. The summed E-state index contributed by atoms with van der Waals surface area (Å²) >= 11 is 1.43. The Bertz CT molecular complexity index is 1690. The average Bonchev–Trinajstić information content (AvgIpc) is 3.76. The Hall–Kier alpha value is -4.70. The molecule has 0 bridgehead atoms. The standard InChI is InChI=1S/C32H28N4O5S/c37-30(33-15-20-11-12-26-27(14-20)41-19-40-26)22-8-5-13-35(16-22)25-10-4-9-23-29(25)32(39)36(31(23)38)17-28-34-24(18-42-28)21-6-2-1-3-7-21/h1-4,6-7,9-12,14,18,22H,5,8,13,15-17,19H2,(H,33,37). The molecule has 0 saturated carbocycles. The van der Waals surface area contributed by atoms with Gasteiger partial charge in [-0.2, -0.15) is 0 Å². The number of carbonyl (C=O) groups excluding carboxylic acids is 3. The maximum Gasteiger partial charge on any atom is 0.264 e. The highest BCUT2D eigenvalue weighted by molar-refractivity contribution is 7.10. The summed E-state index contributed by atoms with van der Waals surface area (Å²) in [5.74, 6) is 0.479. The molecular formula is C32H28N4O5S. The molecule has 1 N–H and O–H groups in total. The van der Waals surface area contributed by atoms with Crippen molar-refractivity contribution in [1.82, 2.24) is 15.2 Å². The van der Waals surface area contributed by atoms with Gasteiger partial charge < -0.3 is 19.7 Å². The first-order chi connectivity index (χ1) is 20.5. The fourth-order valence-corrected chi connectivity index (χ4v) is 6.57. The third-order valence-electron chi connectivity index (χ3n) is 7.93. The highest BCUT2D eigenvalue weighted by Crippen LogP contribution is 2.36. The van der Waals surface area contributed by atoms with E-state index in [1.54, 1.807) is 6.07 Å². The number of thiazole rings is 1. The molecular weight excluding hydrogens is 552 g/mol. The zero-order chi connectivity index (χ0) is 28.6. The van der Waals surface area contributed by atoms with Crippen LogP contribution in [0.3, 0.4) is 0 Å². The molecule has 4 aromatic rings. The van der Waals surface area contributed by atoms with Crippen LogP contribution in [0.4, 0.5) is 5.69 Å². The SMILES string of the molecule is O=C(NCc1ccc2c(c1)OCO2)C1CCCN(c2cccc3c2C(=O)N(Cc2nc(-c4ccccc4)cs2)C3=O)C1. The summed E-state index contributed by atoms with van der Waals surface area (Å²) < 4.78 is 10.8. The van der Waals surface area contributed by atoms with Crippen LogP contribution in [0.1, 0.15) is 44.1 Å². The molecule has 7 rings (SSSR count). The number of fused-ring (bicyclic) bond motifs is 2. The molecule has 212 valence electrons. The van der Waals surface area contributed by atoms with E-state index in [0.717, 1.165) is 29.7 Å². The van der Waals surface area contributed by atoms with Crippen molar-refractivity contribution < 1.29 is 23.9 Å². The zero-order valence-electron chi connectivity index (χ0n) is 22.7. The van der Waals surface area contributed by atoms with Crippen LogP contribution < -0.4 is 19.7 Å². The number of carbonyl (C=O) groups is 3. The molecule has 1 unspecified atom stereocenters. The maximum absolute atomic E-state index is 13.7. The molecule has 1 atom stereocenters. The molecule has 3 aliphatic rings. The monoisotopic (exact) mass is 580 g/mol. The number of anilines is 1. The molecule has 0 radical (unpaired) electrons. The summed E-state index contributed by atoms with van der Waals surface area (Å²) in [6.07, 6.45) is 1.56.